The van der Waals surface area contributed by atoms with Gasteiger partial charge in [0, 0.05) is 0 Å². The third-order valence-electron chi connectivity index (χ3n) is 1.91. The molecule has 100 valence electrons. The number of hydrogen-bond donors (Lipinski definition) is 0. The van der Waals surface area contributed by atoms with Crippen LogP contribution in [0.3, 0.4) is 0 Å². The lowest BCUT2D eigenvalue weighted by atomic mass is 10.2. The number of benzene rings is 1. The molecule has 0 spiro atoms. The van der Waals surface area contributed by atoms with Gasteiger partial charge >= 0.3 is 18.0 Å². The van der Waals surface area contributed by atoms with Gasteiger partial charge in [-0.25, -0.2) is 0 Å². The Kier molecular flexibility index (Phi) is 3.68. The van der Waals surface area contributed by atoms with Crippen LogP contribution in [0, 0.1) is 0 Å². The highest BCUT2D eigenvalue weighted by atomic mass is 19.4. The third kappa shape index (κ3) is 2.80. The minimum absolute atomic E-state index is 0.157. The van der Waals surface area contributed by atoms with Gasteiger partial charge in [-0.2, -0.15) is 30.7 Å². The predicted molar refractivity (Wildman–Crippen MR) is 50.5 cm³/mol. The Balaban J connectivity index is 2.98. The first kappa shape index (κ1) is 14.5. The summed E-state index contributed by atoms with van der Waals surface area (Å²) in [6.45, 7) is 0. The Labute approximate surface area is 96.9 Å². The fourth-order valence-corrected chi connectivity index (χ4v) is 0.940. The van der Waals surface area contributed by atoms with Crippen LogP contribution in [0.15, 0.2) is 35.3 Å². The van der Waals surface area contributed by atoms with Gasteiger partial charge in [-0.15, -0.1) is 0 Å². The molecular weight excluding hydrogens is 267 g/mol. The average molecular weight is 273 g/mol. The maximum absolute atomic E-state index is 12.8. The van der Waals surface area contributed by atoms with Gasteiger partial charge in [-0.3, -0.25) is 4.99 Å². The Hall–Kier alpha value is -1.60. The van der Waals surface area contributed by atoms with Gasteiger partial charge in [0.05, 0.1) is 11.9 Å². The molecule has 0 saturated carbocycles. The first-order valence-corrected chi connectivity index (χ1v) is 4.50. The topological polar surface area (TPSA) is 12.4 Å². The molecule has 0 heterocycles. The van der Waals surface area contributed by atoms with Crippen molar-refractivity contribution in [2.75, 3.05) is 0 Å². The van der Waals surface area contributed by atoms with Crippen molar-refractivity contribution in [3.63, 3.8) is 0 Å². The third-order valence-corrected chi connectivity index (χ3v) is 1.91. The summed E-state index contributed by atoms with van der Waals surface area (Å²) in [5, 5.41) is 0. The summed E-state index contributed by atoms with van der Waals surface area (Å²) in [5.74, 6) is -11.6. The van der Waals surface area contributed by atoms with Crippen molar-refractivity contribution in [2.45, 2.75) is 18.0 Å². The summed E-state index contributed by atoms with van der Waals surface area (Å²) in [6, 6.07) is 6.59. The smallest absolute Gasteiger partial charge is 0.255 e. The van der Waals surface area contributed by atoms with Crippen LogP contribution in [-0.2, 0) is 0 Å². The predicted octanol–water partition coefficient (Wildman–Crippen LogP) is 4.22. The standard InChI is InChI=1S/C10H6F7N/c11-8(12,9(13,14)10(15,16)17)6-18-7-4-2-1-3-5-7/h1-6H. The van der Waals surface area contributed by atoms with Crippen LogP contribution >= 0.6 is 0 Å². The molecule has 0 fully saturated rings. The largest absolute Gasteiger partial charge is 0.460 e. The summed E-state index contributed by atoms with van der Waals surface area (Å²) >= 11 is 0. The molecular formula is C10H6F7N. The number of rotatable bonds is 3. The zero-order valence-electron chi connectivity index (χ0n) is 8.56. The van der Waals surface area contributed by atoms with E-state index in [0.29, 0.717) is 0 Å². The van der Waals surface area contributed by atoms with E-state index in [1.807, 2.05) is 0 Å². The molecule has 0 aromatic heterocycles. The second-order valence-electron chi connectivity index (χ2n) is 3.29. The molecule has 1 rings (SSSR count). The van der Waals surface area contributed by atoms with Crippen molar-refractivity contribution < 1.29 is 30.7 Å². The molecule has 0 amide bonds. The highest BCUT2D eigenvalue weighted by Crippen LogP contribution is 2.45. The molecule has 1 nitrogen and oxygen atoms in total. The van der Waals surface area contributed by atoms with Gasteiger partial charge in [0.25, 0.3) is 0 Å². The Morgan fingerprint density at radius 3 is 1.78 bits per heavy atom. The first-order chi connectivity index (χ1) is 8.08. The van der Waals surface area contributed by atoms with E-state index in [1.54, 1.807) is 0 Å². The second-order valence-corrected chi connectivity index (χ2v) is 3.29. The van der Waals surface area contributed by atoms with E-state index in [-0.39, 0.29) is 5.69 Å². The van der Waals surface area contributed by atoms with E-state index in [1.165, 1.54) is 30.3 Å². The van der Waals surface area contributed by atoms with Crippen molar-refractivity contribution >= 4 is 11.9 Å². The lowest BCUT2D eigenvalue weighted by molar-refractivity contribution is -0.335. The number of hydrogen-bond acceptors (Lipinski definition) is 1. The molecule has 18 heavy (non-hydrogen) atoms. The summed E-state index contributed by atoms with van der Waals surface area (Å²) < 4.78 is 85.7. The summed E-state index contributed by atoms with van der Waals surface area (Å²) in [6.07, 6.45) is -7.05. The fraction of sp³-hybridized carbons (Fsp3) is 0.300. The van der Waals surface area contributed by atoms with Crippen LogP contribution < -0.4 is 0 Å². The lowest BCUT2D eigenvalue weighted by Crippen LogP contribution is -2.52. The molecule has 0 saturated heterocycles. The van der Waals surface area contributed by atoms with Crippen molar-refractivity contribution in [3.8, 4) is 0 Å². The normalized spacial score (nSPS) is 14.2. The second kappa shape index (κ2) is 4.58. The van der Waals surface area contributed by atoms with Gasteiger partial charge < -0.3 is 0 Å². The van der Waals surface area contributed by atoms with E-state index in [0.717, 1.165) is 0 Å². The average Bonchev–Trinajstić information content (AvgIpc) is 2.26. The van der Waals surface area contributed by atoms with Gasteiger partial charge in [-0.1, -0.05) is 18.2 Å². The highest BCUT2D eigenvalue weighted by molar-refractivity contribution is 5.72. The quantitative estimate of drug-likeness (QED) is 0.577. The summed E-state index contributed by atoms with van der Waals surface area (Å²) in [5.41, 5.74) is -0.157. The van der Waals surface area contributed by atoms with E-state index < -0.39 is 24.2 Å². The van der Waals surface area contributed by atoms with Crippen molar-refractivity contribution in [3.05, 3.63) is 30.3 Å². The molecule has 0 atom stereocenters. The number of alkyl halides is 7. The Morgan fingerprint density at radius 2 is 1.33 bits per heavy atom. The van der Waals surface area contributed by atoms with E-state index in [9.17, 15) is 30.7 Å². The van der Waals surface area contributed by atoms with Gasteiger partial charge in [-0.05, 0) is 12.1 Å². The van der Waals surface area contributed by atoms with Gasteiger partial charge in [0.1, 0.15) is 0 Å². The molecule has 0 unspecified atom stereocenters. The number of aliphatic imine (C=N–C) groups is 1. The van der Waals surface area contributed by atoms with Crippen molar-refractivity contribution in [1.82, 2.24) is 0 Å². The van der Waals surface area contributed by atoms with Crippen LogP contribution in [0.1, 0.15) is 0 Å². The monoisotopic (exact) mass is 273 g/mol. The van der Waals surface area contributed by atoms with E-state index in [4.69, 9.17) is 0 Å². The molecule has 0 bridgehead atoms. The molecule has 1 aromatic rings. The van der Waals surface area contributed by atoms with E-state index >= 15 is 0 Å². The fourth-order valence-electron chi connectivity index (χ4n) is 0.940. The Morgan fingerprint density at radius 1 is 0.833 bits per heavy atom. The SMILES string of the molecule is FC(F)(F)C(F)(F)C(F)(F)C=Nc1ccccc1. The number of halogens is 7. The number of nitrogens with zero attached hydrogens (tertiary/aromatic N) is 1. The minimum Gasteiger partial charge on any atom is -0.255 e. The Bertz CT molecular complexity index is 422. The van der Waals surface area contributed by atoms with Gasteiger partial charge in [0.15, 0.2) is 0 Å². The first-order valence-electron chi connectivity index (χ1n) is 4.50. The molecule has 0 aliphatic carbocycles. The molecule has 0 N–H and O–H groups in total. The lowest BCUT2D eigenvalue weighted by Gasteiger charge is -2.25. The highest BCUT2D eigenvalue weighted by Gasteiger charge is 2.72. The zero-order valence-corrected chi connectivity index (χ0v) is 8.56. The molecule has 0 radical (unpaired) electrons. The van der Waals surface area contributed by atoms with Crippen LogP contribution in [-0.4, -0.2) is 24.2 Å². The summed E-state index contributed by atoms with van der Waals surface area (Å²) in [4.78, 5) is 2.90. The molecule has 0 aliphatic rings. The zero-order chi connectivity index (χ0) is 14.0. The van der Waals surface area contributed by atoms with Crippen LogP contribution in [0.25, 0.3) is 0 Å². The van der Waals surface area contributed by atoms with Crippen LogP contribution in [0.2, 0.25) is 0 Å². The van der Waals surface area contributed by atoms with Crippen LogP contribution in [0.4, 0.5) is 36.4 Å². The van der Waals surface area contributed by atoms with Crippen molar-refractivity contribution in [1.29, 1.82) is 0 Å². The molecule has 0 aliphatic heterocycles. The summed E-state index contributed by atoms with van der Waals surface area (Å²) in [7, 11) is 0. The van der Waals surface area contributed by atoms with Crippen LogP contribution in [0.5, 0.6) is 0 Å². The minimum atomic E-state index is -6.35. The molecule has 8 heteroatoms. The number of para-hydroxylation sites is 1. The maximum atomic E-state index is 12.8. The maximum Gasteiger partial charge on any atom is 0.460 e. The molecule has 1 aromatic carbocycles. The van der Waals surface area contributed by atoms with Gasteiger partial charge in [0.2, 0.25) is 0 Å². The van der Waals surface area contributed by atoms with Crippen molar-refractivity contribution in [2.24, 2.45) is 4.99 Å². The van der Waals surface area contributed by atoms with E-state index in [2.05, 4.69) is 4.99 Å².